The second kappa shape index (κ2) is 8.29. The van der Waals surface area contributed by atoms with Crippen LogP contribution in [-0.4, -0.2) is 51.0 Å². The molecule has 6 rings (SSSR count). The van der Waals surface area contributed by atoms with Crippen molar-refractivity contribution >= 4 is 50.9 Å². The van der Waals surface area contributed by atoms with Crippen molar-refractivity contribution in [1.82, 2.24) is 4.57 Å². The third-order valence-electron chi connectivity index (χ3n) is 7.02. The Bertz CT molecular complexity index is 1320. The Morgan fingerprint density at radius 1 is 1.09 bits per heavy atom. The number of aromatic nitrogens is 1. The van der Waals surface area contributed by atoms with Gasteiger partial charge in [0.1, 0.15) is 5.04 Å². The zero-order chi connectivity index (χ0) is 23.4. The molecule has 0 radical (unpaired) electrons. The van der Waals surface area contributed by atoms with Crippen LogP contribution < -0.4 is 10.2 Å². The van der Waals surface area contributed by atoms with E-state index in [0.29, 0.717) is 22.9 Å². The molecule has 2 aliphatic heterocycles. The number of hydrogen-bond acceptors (Lipinski definition) is 6. The van der Waals surface area contributed by atoms with Gasteiger partial charge in [0.05, 0.1) is 46.4 Å². The predicted molar refractivity (Wildman–Crippen MR) is 136 cm³/mol. The summed E-state index contributed by atoms with van der Waals surface area (Å²) in [5, 5.41) is 15.1. The highest BCUT2D eigenvalue weighted by molar-refractivity contribution is 8.14. The molecule has 0 unspecified atom stereocenters. The van der Waals surface area contributed by atoms with Crippen molar-refractivity contribution in [1.29, 1.82) is 0 Å². The number of aliphatic imine (C=N–C) groups is 1. The minimum Gasteiger partial charge on any atom is -0.394 e. The predicted octanol–water partition coefficient (Wildman–Crippen LogP) is 4.19. The molecule has 2 N–H and O–H groups in total. The van der Waals surface area contributed by atoms with Crippen LogP contribution in [0.25, 0.3) is 10.9 Å². The minimum atomic E-state index is -0.288. The molecule has 1 aromatic heterocycles. The fraction of sp³-hybridized carbons (Fsp3) is 0.346. The van der Waals surface area contributed by atoms with E-state index in [0.717, 1.165) is 45.9 Å². The fourth-order valence-corrected chi connectivity index (χ4v) is 6.39. The standard InChI is InChI=1S/C26H26N4O3S/c1-29-22(24-28-17(13-31)14-34-24)11-15-10-18(12-21(23(15)29)27-16-6-2-3-7-16)30-25(32)19-8-4-5-9-20(19)26(30)33/h4-5,8-12,16-17,27,31H,2-3,6-7,13-14H2,1H3/t17-/m1/s1. The van der Waals surface area contributed by atoms with Crippen molar-refractivity contribution < 1.29 is 14.7 Å². The lowest BCUT2D eigenvalue weighted by Crippen LogP contribution is -2.29. The number of aryl methyl sites for hydroxylation is 1. The molecule has 2 aromatic carbocycles. The molecule has 0 spiro atoms. The molecule has 3 aromatic rings. The quantitative estimate of drug-likeness (QED) is 0.542. The van der Waals surface area contributed by atoms with Gasteiger partial charge in [-0.15, -0.1) is 11.8 Å². The Kier molecular flexibility index (Phi) is 5.22. The van der Waals surface area contributed by atoms with Crippen LogP contribution in [-0.2, 0) is 7.05 Å². The molecular formula is C26H26N4O3S. The topological polar surface area (TPSA) is 86.9 Å². The molecule has 8 heteroatoms. The number of benzene rings is 2. The first-order valence-corrected chi connectivity index (χ1v) is 12.7. The van der Waals surface area contributed by atoms with Gasteiger partial charge >= 0.3 is 0 Å². The Labute approximate surface area is 201 Å². The average molecular weight is 475 g/mol. The van der Waals surface area contributed by atoms with Gasteiger partial charge < -0.3 is 15.0 Å². The molecule has 1 fully saturated rings. The van der Waals surface area contributed by atoms with Crippen molar-refractivity contribution in [3.63, 3.8) is 0 Å². The normalized spacial score (nSPS) is 20.5. The largest absolute Gasteiger partial charge is 0.394 e. The molecule has 0 saturated heterocycles. The summed E-state index contributed by atoms with van der Waals surface area (Å²) in [5.41, 5.74) is 4.39. The summed E-state index contributed by atoms with van der Waals surface area (Å²) >= 11 is 1.65. The summed E-state index contributed by atoms with van der Waals surface area (Å²) in [6.45, 7) is 0.0405. The third kappa shape index (κ3) is 3.35. The number of rotatable bonds is 5. The van der Waals surface area contributed by atoms with Gasteiger partial charge in [-0.2, -0.15) is 0 Å². The Morgan fingerprint density at radius 3 is 2.44 bits per heavy atom. The van der Waals surface area contributed by atoms with E-state index in [-0.39, 0.29) is 24.5 Å². The van der Waals surface area contributed by atoms with E-state index in [2.05, 4.69) is 20.9 Å². The van der Waals surface area contributed by atoms with E-state index in [9.17, 15) is 14.7 Å². The van der Waals surface area contributed by atoms with Crippen molar-refractivity contribution in [2.24, 2.45) is 12.0 Å². The number of amides is 2. The summed E-state index contributed by atoms with van der Waals surface area (Å²) in [6, 6.07) is 13.2. The maximum absolute atomic E-state index is 13.2. The summed E-state index contributed by atoms with van der Waals surface area (Å²) in [7, 11) is 2.02. The van der Waals surface area contributed by atoms with Crippen LogP contribution in [0.2, 0.25) is 0 Å². The van der Waals surface area contributed by atoms with Crippen LogP contribution in [0.15, 0.2) is 47.5 Å². The Hall–Kier alpha value is -3.10. The van der Waals surface area contributed by atoms with Crippen LogP contribution in [0.4, 0.5) is 11.4 Å². The van der Waals surface area contributed by atoms with E-state index in [4.69, 9.17) is 0 Å². The molecule has 0 bridgehead atoms. The van der Waals surface area contributed by atoms with E-state index < -0.39 is 0 Å². The second-order valence-corrected chi connectivity index (χ2v) is 10.2. The molecule has 34 heavy (non-hydrogen) atoms. The smallest absolute Gasteiger partial charge is 0.266 e. The van der Waals surface area contributed by atoms with Gasteiger partial charge in [-0.05, 0) is 43.2 Å². The number of nitrogens with zero attached hydrogens (tertiary/aromatic N) is 3. The van der Waals surface area contributed by atoms with Crippen molar-refractivity contribution in [3.05, 3.63) is 59.3 Å². The second-order valence-electron chi connectivity index (χ2n) is 9.22. The number of carbonyl (C=O) groups excluding carboxylic acids is 2. The first-order chi connectivity index (χ1) is 16.5. The molecule has 3 heterocycles. The van der Waals surface area contributed by atoms with Gasteiger partial charge in [-0.25, -0.2) is 4.90 Å². The lowest BCUT2D eigenvalue weighted by Gasteiger charge is -2.20. The third-order valence-corrected chi connectivity index (χ3v) is 8.16. The Balaban J connectivity index is 1.49. The number of aliphatic hydroxyl groups excluding tert-OH is 1. The highest BCUT2D eigenvalue weighted by Crippen LogP contribution is 2.38. The van der Waals surface area contributed by atoms with E-state index in [1.165, 1.54) is 17.7 Å². The highest BCUT2D eigenvalue weighted by atomic mass is 32.2. The molecule has 1 saturated carbocycles. The first kappa shape index (κ1) is 21.4. The number of aliphatic hydroxyl groups is 1. The number of thioether (sulfide) groups is 1. The number of anilines is 2. The number of fused-ring (bicyclic) bond motifs is 2. The molecule has 174 valence electrons. The van der Waals surface area contributed by atoms with Crippen LogP contribution in [0.3, 0.4) is 0 Å². The Morgan fingerprint density at radius 2 is 1.79 bits per heavy atom. The van der Waals surface area contributed by atoms with Gasteiger partial charge in [0.25, 0.3) is 11.8 Å². The molecule has 1 aliphatic carbocycles. The van der Waals surface area contributed by atoms with Crippen molar-refractivity contribution in [3.8, 4) is 0 Å². The van der Waals surface area contributed by atoms with Gasteiger partial charge in [0.2, 0.25) is 0 Å². The number of nitrogens with one attached hydrogen (secondary N) is 1. The molecule has 7 nitrogen and oxygen atoms in total. The first-order valence-electron chi connectivity index (χ1n) is 11.7. The lowest BCUT2D eigenvalue weighted by atomic mass is 10.1. The minimum absolute atomic E-state index is 0.0405. The van der Waals surface area contributed by atoms with Crippen LogP contribution in [0.5, 0.6) is 0 Å². The van der Waals surface area contributed by atoms with Crippen LogP contribution >= 0.6 is 11.8 Å². The molecule has 2 amide bonds. The highest BCUT2D eigenvalue weighted by Gasteiger charge is 2.37. The SMILES string of the molecule is Cn1c(C2=N[C@H](CO)CS2)cc2cc(N3C(=O)c4ccccc4C3=O)cc(NC3CCCC3)c21. The van der Waals surface area contributed by atoms with Crippen molar-refractivity contribution in [2.75, 3.05) is 22.6 Å². The maximum atomic E-state index is 13.2. The van der Waals surface area contributed by atoms with Crippen molar-refractivity contribution in [2.45, 2.75) is 37.8 Å². The number of hydrogen-bond donors (Lipinski definition) is 2. The molecule has 3 aliphatic rings. The van der Waals surface area contributed by atoms with Crippen LogP contribution in [0.1, 0.15) is 52.1 Å². The number of carbonyl (C=O) groups is 2. The van der Waals surface area contributed by atoms with Gasteiger partial charge in [0, 0.05) is 24.2 Å². The van der Waals surface area contributed by atoms with Gasteiger partial charge in [-0.3, -0.25) is 14.6 Å². The summed E-state index contributed by atoms with van der Waals surface area (Å²) in [4.78, 5) is 32.3. The maximum Gasteiger partial charge on any atom is 0.266 e. The van der Waals surface area contributed by atoms with Gasteiger partial charge in [0.15, 0.2) is 0 Å². The van der Waals surface area contributed by atoms with E-state index in [1.807, 2.05) is 19.2 Å². The summed E-state index contributed by atoms with van der Waals surface area (Å²) in [6.07, 6.45) is 4.62. The average Bonchev–Trinajstić information content (AvgIpc) is 3.62. The van der Waals surface area contributed by atoms with E-state index >= 15 is 0 Å². The fourth-order valence-electron chi connectivity index (χ4n) is 5.30. The zero-order valence-corrected chi connectivity index (χ0v) is 19.8. The lowest BCUT2D eigenvalue weighted by molar-refractivity contribution is 0.0926. The summed E-state index contributed by atoms with van der Waals surface area (Å²) < 4.78 is 2.13. The molecular weight excluding hydrogens is 448 g/mol. The monoisotopic (exact) mass is 474 g/mol. The van der Waals surface area contributed by atoms with E-state index in [1.54, 1.807) is 36.0 Å². The number of imide groups is 1. The summed E-state index contributed by atoms with van der Waals surface area (Å²) in [5.74, 6) is 0.190. The van der Waals surface area contributed by atoms with Gasteiger partial charge in [-0.1, -0.05) is 25.0 Å². The zero-order valence-electron chi connectivity index (χ0n) is 19.0. The molecule has 1 atom stereocenters. The van der Waals surface area contributed by atoms with Crippen LogP contribution in [0, 0.1) is 0 Å².